The van der Waals surface area contributed by atoms with E-state index in [-0.39, 0.29) is 81.0 Å². The average molecular weight is 1330 g/mol. The van der Waals surface area contributed by atoms with E-state index >= 15 is 0 Å². The van der Waals surface area contributed by atoms with Crippen LogP contribution in [0.4, 0.5) is 15.3 Å². The molecule has 0 aromatic heterocycles. The van der Waals surface area contributed by atoms with Gasteiger partial charge in [0.2, 0.25) is 35.4 Å². The summed E-state index contributed by atoms with van der Waals surface area (Å²) < 4.78 is 22.8. The number of ether oxygens (including phenoxy) is 4. The standard InChI is InChI=1S/C67H101N11O15S/c1-14-42(6)57(50(90-11)38-54(82)77-36-22-26-49(77)58(91-12)43(7)62(94)72-48(63(86)92-13)37-44-23-17-15-18-24-44)74-61(85)56(41(4)5)75-64(87)67(8,9)76(10)66(89)93-39-45-28-30-46(31-29-45)70-59(83)47(25-21-34-69-65(68)88)71-60(84)55(40(2)3)73-51(79)27-19-16-20-35-78-52(80)32-33-53(78)81/h15,17-18,23-24,28-33,40-43,47-50,55-58H,14,16,19-22,25-27,34-39H2,1-13H3,(H,70,83)(H,71,84)(H,72,94)(H,73,79)(H,74,85)(H,75,87)(H3,68,69,88). The fourth-order valence-corrected chi connectivity index (χ4v) is 11.4. The number of benzene rings is 2. The molecular weight excluding hydrogens is 1230 g/mol. The number of thiocarbonyl (C=S) groups is 1. The molecule has 0 saturated carbocycles. The van der Waals surface area contributed by atoms with Crippen LogP contribution in [0.3, 0.4) is 0 Å². The highest BCUT2D eigenvalue weighted by molar-refractivity contribution is 7.80. The Morgan fingerprint density at radius 3 is 1.96 bits per heavy atom. The maximum Gasteiger partial charge on any atom is 0.410 e. The number of anilines is 1. The Hall–Kier alpha value is -8.04. The van der Waals surface area contributed by atoms with E-state index in [1.807, 2.05) is 51.1 Å². The average Bonchev–Trinajstić information content (AvgIpc) is 1.44. The molecule has 0 aliphatic carbocycles. The molecule has 10 unspecified atom stereocenters. The number of carbonyl (C=O) groups is 11. The van der Waals surface area contributed by atoms with Crippen LogP contribution < -0.4 is 43.0 Å². The molecule has 4 rings (SSSR count). The zero-order chi connectivity index (χ0) is 70.0. The Balaban J connectivity index is 1.35. The van der Waals surface area contributed by atoms with Crippen molar-refractivity contribution >= 4 is 88.2 Å². The number of primary amides is 1. The molecule has 2 aliphatic rings. The predicted octanol–water partition coefficient (Wildman–Crippen LogP) is 4.95. The maximum absolute atomic E-state index is 14.5. The van der Waals surface area contributed by atoms with Crippen LogP contribution in [0.15, 0.2) is 66.7 Å². The molecule has 9 N–H and O–H groups in total. The summed E-state index contributed by atoms with van der Waals surface area (Å²) in [6, 6.07) is 10.1. The van der Waals surface area contributed by atoms with E-state index in [4.69, 9.17) is 36.9 Å². The summed E-state index contributed by atoms with van der Waals surface area (Å²) in [6.45, 7) is 16.5. The van der Waals surface area contributed by atoms with Gasteiger partial charge in [-0.1, -0.05) is 116 Å². The number of nitrogens with zero attached hydrogens (tertiary/aromatic N) is 3. The van der Waals surface area contributed by atoms with Crippen LogP contribution in [-0.2, 0) is 75.1 Å². The first-order valence-corrected chi connectivity index (χ1v) is 32.8. The van der Waals surface area contributed by atoms with Crippen LogP contribution in [0.5, 0.6) is 0 Å². The highest BCUT2D eigenvalue weighted by atomic mass is 32.1. The van der Waals surface area contributed by atoms with Gasteiger partial charge in [0.05, 0.1) is 42.8 Å². The normalized spacial score (nSPS) is 16.7. The SMILES string of the molecule is CCC(C)C(NC(=O)C(NC(=O)C(C)(C)N(C)C(=O)OCc1ccc(NC(=O)C(CCCNC(N)=O)NC(=O)C(NC(=O)CCCCCN2C(=O)C=CC2=O)C(C)C)cc1)C(C)C)C(CC(=O)N1CCCC1C(OC)C(C)C(=S)NC(Cc1ccccc1)C(=O)OC)OC. The second kappa shape index (κ2) is 38.4. The minimum atomic E-state index is -1.55. The number of rotatable bonds is 38. The molecule has 0 radical (unpaired) electrons. The largest absolute Gasteiger partial charge is 0.467 e. The number of methoxy groups -OCH3 is 3. The number of urea groups is 1. The molecule has 2 aromatic carbocycles. The molecule has 2 aliphatic heterocycles. The third-order valence-corrected chi connectivity index (χ3v) is 17.9. The second-order valence-corrected chi connectivity index (χ2v) is 25.7. The van der Waals surface area contributed by atoms with Gasteiger partial charge in [-0.15, -0.1) is 0 Å². The molecule has 1 fully saturated rings. The van der Waals surface area contributed by atoms with E-state index in [1.54, 1.807) is 64.0 Å². The van der Waals surface area contributed by atoms with Gasteiger partial charge in [0.25, 0.3) is 11.8 Å². The molecule has 11 amide bonds. The molecule has 10 atom stereocenters. The van der Waals surface area contributed by atoms with Gasteiger partial charge in [-0.2, -0.15) is 0 Å². The number of hydrogen-bond donors (Lipinski definition) is 8. The van der Waals surface area contributed by atoms with Crippen LogP contribution in [-0.4, -0.2) is 187 Å². The van der Waals surface area contributed by atoms with Crippen molar-refractivity contribution in [1.82, 2.24) is 46.6 Å². The van der Waals surface area contributed by atoms with E-state index in [2.05, 4.69) is 37.2 Å². The lowest BCUT2D eigenvalue weighted by Gasteiger charge is -2.38. The quantitative estimate of drug-likeness (QED) is 0.0191. The number of likely N-dealkylation sites (N-methyl/N-ethyl adjacent to an activating group) is 1. The minimum absolute atomic E-state index is 0.0805. The molecule has 0 spiro atoms. The molecule has 27 heteroatoms. The zero-order valence-electron chi connectivity index (χ0n) is 56.8. The van der Waals surface area contributed by atoms with Crippen LogP contribution in [0.25, 0.3) is 0 Å². The van der Waals surface area contributed by atoms with Gasteiger partial charge >= 0.3 is 18.1 Å². The first-order valence-electron chi connectivity index (χ1n) is 32.3. The van der Waals surface area contributed by atoms with Gasteiger partial charge in [0.1, 0.15) is 36.3 Å². The third-order valence-electron chi connectivity index (χ3n) is 17.4. The van der Waals surface area contributed by atoms with Gasteiger partial charge in [-0.3, -0.25) is 48.2 Å². The summed E-state index contributed by atoms with van der Waals surface area (Å²) in [5.74, 6) is -5.57. The number of nitrogens with one attached hydrogen (secondary N) is 7. The van der Waals surface area contributed by atoms with Crippen molar-refractivity contribution in [2.75, 3.05) is 53.3 Å². The van der Waals surface area contributed by atoms with Gasteiger partial charge in [0.15, 0.2) is 0 Å². The van der Waals surface area contributed by atoms with E-state index < -0.39 is 107 Å². The van der Waals surface area contributed by atoms with Gasteiger partial charge < -0.3 is 66.8 Å². The fraction of sp³-hybridized carbons (Fsp3) is 0.612. The molecule has 520 valence electrons. The van der Waals surface area contributed by atoms with Crippen molar-refractivity contribution in [3.05, 3.63) is 77.9 Å². The first-order chi connectivity index (χ1) is 44.5. The smallest absolute Gasteiger partial charge is 0.410 e. The Labute approximate surface area is 558 Å². The molecule has 1 saturated heterocycles. The second-order valence-electron chi connectivity index (χ2n) is 25.3. The molecular formula is C67H101N11O15S. The summed E-state index contributed by atoms with van der Waals surface area (Å²) in [5, 5.41) is 19.9. The third kappa shape index (κ3) is 23.5. The fourth-order valence-electron chi connectivity index (χ4n) is 11.1. The minimum Gasteiger partial charge on any atom is -0.467 e. The van der Waals surface area contributed by atoms with E-state index in [9.17, 15) is 52.7 Å². The summed E-state index contributed by atoms with van der Waals surface area (Å²) in [5.41, 5.74) is 5.46. The summed E-state index contributed by atoms with van der Waals surface area (Å²) in [4.78, 5) is 150. The lowest BCUT2D eigenvalue weighted by molar-refractivity contribution is -0.142. The first kappa shape index (κ1) is 78.4. The maximum atomic E-state index is 14.5. The highest BCUT2D eigenvalue weighted by Gasteiger charge is 2.43. The number of imide groups is 1. The van der Waals surface area contributed by atoms with Crippen LogP contribution in [0, 0.1) is 23.7 Å². The molecule has 26 nitrogen and oxygen atoms in total. The number of unbranched alkanes of at least 4 members (excludes halogenated alkanes) is 2. The molecule has 2 heterocycles. The van der Waals surface area contributed by atoms with Crippen molar-refractivity contribution in [2.24, 2.45) is 29.4 Å². The topological polar surface area (TPSA) is 345 Å². The van der Waals surface area contributed by atoms with Crippen LogP contribution in [0.1, 0.15) is 138 Å². The molecule has 94 heavy (non-hydrogen) atoms. The summed E-state index contributed by atoms with van der Waals surface area (Å²) in [6.07, 6.45) is 4.42. The number of esters is 1. The number of hydrogen-bond acceptors (Lipinski definition) is 16. The lowest BCUT2D eigenvalue weighted by atomic mass is 9.90. The number of nitrogens with two attached hydrogens (primary N) is 1. The highest BCUT2D eigenvalue weighted by Crippen LogP contribution is 2.30. The van der Waals surface area contributed by atoms with Crippen molar-refractivity contribution < 1.29 is 71.7 Å². The van der Waals surface area contributed by atoms with E-state index in [0.717, 1.165) is 15.4 Å². The lowest BCUT2D eigenvalue weighted by Crippen LogP contribution is -2.62. The Kier molecular flexibility index (Phi) is 32.0. The summed E-state index contributed by atoms with van der Waals surface area (Å²) >= 11 is 5.88. The molecule has 0 bridgehead atoms. The van der Waals surface area contributed by atoms with Crippen molar-refractivity contribution in [1.29, 1.82) is 0 Å². The number of carbonyl (C=O) groups excluding carboxylic acids is 11. The Bertz CT molecular complexity index is 2930. The number of amides is 11. The van der Waals surface area contributed by atoms with Crippen molar-refractivity contribution in [3.8, 4) is 0 Å². The van der Waals surface area contributed by atoms with Crippen LogP contribution in [0.2, 0.25) is 0 Å². The Morgan fingerprint density at radius 1 is 0.745 bits per heavy atom. The van der Waals surface area contributed by atoms with E-state index in [1.165, 1.54) is 47.3 Å². The van der Waals surface area contributed by atoms with Gasteiger partial charge in [0, 0.05) is 77.5 Å². The predicted molar refractivity (Wildman–Crippen MR) is 357 cm³/mol. The Morgan fingerprint density at radius 2 is 1.37 bits per heavy atom. The molecule has 2 aromatic rings. The van der Waals surface area contributed by atoms with E-state index in [0.29, 0.717) is 67.7 Å². The monoisotopic (exact) mass is 1330 g/mol. The van der Waals surface area contributed by atoms with Gasteiger partial charge in [-0.05, 0) is 93.4 Å². The number of likely N-dealkylation sites (tertiary alicyclic amines) is 1. The van der Waals surface area contributed by atoms with Crippen molar-refractivity contribution in [2.45, 2.75) is 194 Å². The van der Waals surface area contributed by atoms with Gasteiger partial charge in [-0.25, -0.2) is 14.4 Å². The summed E-state index contributed by atoms with van der Waals surface area (Å²) in [7, 11) is 5.78. The van der Waals surface area contributed by atoms with Crippen LogP contribution >= 0.6 is 12.2 Å². The zero-order valence-corrected chi connectivity index (χ0v) is 57.7. The van der Waals surface area contributed by atoms with Crippen molar-refractivity contribution in [3.63, 3.8) is 0 Å².